The Hall–Kier alpha value is -1.52. The van der Waals surface area contributed by atoms with Crippen LogP contribution in [0.3, 0.4) is 0 Å². The van der Waals surface area contributed by atoms with Gasteiger partial charge in [0.05, 0.1) is 12.8 Å². The smallest absolute Gasteiger partial charge is 0.122 e. The molecule has 0 aliphatic rings. The van der Waals surface area contributed by atoms with Gasteiger partial charge in [0.2, 0.25) is 0 Å². The molecule has 1 aromatic heterocycles. The van der Waals surface area contributed by atoms with Crippen LogP contribution in [0.25, 0.3) is 0 Å². The van der Waals surface area contributed by atoms with Crippen molar-refractivity contribution in [3.05, 3.63) is 53.3 Å². The molecule has 0 bridgehead atoms. The summed E-state index contributed by atoms with van der Waals surface area (Å²) in [7, 11) is 1.69. The lowest BCUT2D eigenvalue weighted by Gasteiger charge is -2.07. The van der Waals surface area contributed by atoms with Gasteiger partial charge in [-0.2, -0.15) is 0 Å². The Morgan fingerprint density at radius 3 is 2.86 bits per heavy atom. The number of pyridine rings is 1. The van der Waals surface area contributed by atoms with Gasteiger partial charge in [0, 0.05) is 35.0 Å². The molecule has 0 aliphatic carbocycles. The Kier molecular flexibility index (Phi) is 6.08. The summed E-state index contributed by atoms with van der Waals surface area (Å²) < 4.78 is 5.29. The molecule has 3 nitrogen and oxygen atoms in total. The quantitative estimate of drug-likeness (QED) is 0.789. The molecule has 0 saturated heterocycles. The molecule has 1 N–H and O–H groups in total. The van der Waals surface area contributed by atoms with E-state index in [2.05, 4.69) is 41.5 Å². The Bertz CT molecular complexity index is 587. The van der Waals surface area contributed by atoms with E-state index in [0.29, 0.717) is 0 Å². The first-order valence-electron chi connectivity index (χ1n) is 7.15. The zero-order chi connectivity index (χ0) is 15.1. The molecule has 4 heteroatoms. The third kappa shape index (κ3) is 5.06. The van der Waals surface area contributed by atoms with Crippen LogP contribution in [0.15, 0.2) is 41.3 Å². The van der Waals surface area contributed by atoms with Gasteiger partial charge < -0.3 is 10.1 Å². The molecule has 1 heterocycles. The minimum absolute atomic E-state index is 0.850. The van der Waals surface area contributed by atoms with E-state index in [0.717, 1.165) is 36.0 Å². The third-order valence-corrected chi connectivity index (χ3v) is 4.11. The van der Waals surface area contributed by atoms with Crippen LogP contribution in [0, 0.1) is 6.92 Å². The van der Waals surface area contributed by atoms with Crippen molar-refractivity contribution in [3.8, 4) is 5.75 Å². The predicted molar refractivity (Wildman–Crippen MR) is 88.9 cm³/mol. The summed E-state index contributed by atoms with van der Waals surface area (Å²) in [4.78, 5) is 5.83. The van der Waals surface area contributed by atoms with Gasteiger partial charge in [-0.3, -0.25) is 4.98 Å². The van der Waals surface area contributed by atoms with Crippen molar-refractivity contribution in [1.82, 2.24) is 10.3 Å². The van der Waals surface area contributed by atoms with Crippen LogP contribution in [0.2, 0.25) is 0 Å². The molecule has 0 atom stereocenters. The van der Waals surface area contributed by atoms with Gasteiger partial charge in [-0.15, -0.1) is 11.8 Å². The number of aromatic nitrogens is 1. The van der Waals surface area contributed by atoms with Gasteiger partial charge in [-0.1, -0.05) is 19.1 Å². The van der Waals surface area contributed by atoms with Crippen molar-refractivity contribution < 1.29 is 4.74 Å². The van der Waals surface area contributed by atoms with E-state index in [-0.39, 0.29) is 0 Å². The number of methoxy groups -OCH3 is 1. The van der Waals surface area contributed by atoms with E-state index in [1.54, 1.807) is 18.9 Å². The third-order valence-electron chi connectivity index (χ3n) is 3.08. The fraction of sp³-hybridized carbons (Fsp3) is 0.353. The topological polar surface area (TPSA) is 34.1 Å². The summed E-state index contributed by atoms with van der Waals surface area (Å²) in [5.41, 5.74) is 3.36. The van der Waals surface area contributed by atoms with E-state index in [9.17, 15) is 0 Å². The summed E-state index contributed by atoms with van der Waals surface area (Å²) in [6.07, 6.45) is 0. The normalized spacial score (nSPS) is 10.6. The summed E-state index contributed by atoms with van der Waals surface area (Å²) in [5.74, 6) is 1.72. The Morgan fingerprint density at radius 2 is 2.10 bits per heavy atom. The highest BCUT2D eigenvalue weighted by atomic mass is 32.2. The first kappa shape index (κ1) is 15.9. The number of ether oxygens (including phenoxy) is 1. The van der Waals surface area contributed by atoms with Crippen molar-refractivity contribution in [1.29, 1.82) is 0 Å². The number of nitrogens with zero attached hydrogens (tertiary/aromatic N) is 1. The standard InChI is InChI=1S/C17H22N2OS/c1-4-18-11-14-6-5-7-17(9-14)21-12-15-10-16(20-3)8-13(2)19-15/h5-10,18H,4,11-12H2,1-3H3. The minimum Gasteiger partial charge on any atom is -0.497 e. The molecule has 21 heavy (non-hydrogen) atoms. The van der Waals surface area contributed by atoms with E-state index in [4.69, 9.17) is 4.74 Å². The molecule has 0 amide bonds. The summed E-state index contributed by atoms with van der Waals surface area (Å²) >= 11 is 1.80. The van der Waals surface area contributed by atoms with Crippen LogP contribution in [-0.4, -0.2) is 18.6 Å². The molecule has 0 fully saturated rings. The SMILES string of the molecule is CCNCc1cccc(SCc2cc(OC)cc(C)n2)c1. The van der Waals surface area contributed by atoms with Gasteiger partial charge in [0.1, 0.15) is 5.75 Å². The maximum absolute atomic E-state index is 5.29. The maximum atomic E-state index is 5.29. The molecule has 0 spiro atoms. The van der Waals surface area contributed by atoms with Crippen LogP contribution in [0.1, 0.15) is 23.9 Å². The molecule has 0 radical (unpaired) electrons. The van der Waals surface area contributed by atoms with Gasteiger partial charge in [-0.25, -0.2) is 0 Å². The van der Waals surface area contributed by atoms with Crippen molar-refractivity contribution >= 4 is 11.8 Å². The Balaban J connectivity index is 2.00. The van der Waals surface area contributed by atoms with Gasteiger partial charge in [-0.05, 0) is 31.2 Å². The van der Waals surface area contributed by atoms with Crippen molar-refractivity contribution in [2.75, 3.05) is 13.7 Å². The van der Waals surface area contributed by atoms with E-state index in [1.807, 2.05) is 19.1 Å². The number of rotatable bonds is 7. The fourth-order valence-electron chi connectivity index (χ4n) is 2.07. The molecular weight excluding hydrogens is 280 g/mol. The van der Waals surface area contributed by atoms with Crippen LogP contribution in [0.4, 0.5) is 0 Å². The zero-order valence-corrected chi connectivity index (χ0v) is 13.7. The lowest BCUT2D eigenvalue weighted by Crippen LogP contribution is -2.11. The van der Waals surface area contributed by atoms with Crippen LogP contribution < -0.4 is 10.1 Å². The largest absolute Gasteiger partial charge is 0.497 e. The Labute approximate surface area is 131 Å². The molecule has 2 rings (SSSR count). The summed E-state index contributed by atoms with van der Waals surface area (Å²) in [6, 6.07) is 12.6. The average Bonchev–Trinajstić information content (AvgIpc) is 2.51. The highest BCUT2D eigenvalue weighted by molar-refractivity contribution is 7.98. The maximum Gasteiger partial charge on any atom is 0.122 e. The average molecular weight is 302 g/mol. The second-order valence-electron chi connectivity index (χ2n) is 4.86. The summed E-state index contributed by atoms with van der Waals surface area (Å²) in [5, 5.41) is 3.35. The van der Waals surface area contributed by atoms with Crippen molar-refractivity contribution in [2.24, 2.45) is 0 Å². The molecule has 0 unspecified atom stereocenters. The second kappa shape index (κ2) is 8.05. The first-order chi connectivity index (χ1) is 10.2. The summed E-state index contributed by atoms with van der Waals surface area (Å²) in [6.45, 7) is 6.02. The number of aryl methyl sites for hydroxylation is 1. The second-order valence-corrected chi connectivity index (χ2v) is 5.90. The molecule has 0 saturated carbocycles. The monoisotopic (exact) mass is 302 g/mol. The number of benzene rings is 1. The molecule has 1 aromatic carbocycles. The Morgan fingerprint density at radius 1 is 1.24 bits per heavy atom. The van der Waals surface area contributed by atoms with E-state index >= 15 is 0 Å². The molecule has 2 aromatic rings. The number of hydrogen-bond acceptors (Lipinski definition) is 4. The number of thioether (sulfide) groups is 1. The zero-order valence-electron chi connectivity index (χ0n) is 12.8. The van der Waals surface area contributed by atoms with E-state index < -0.39 is 0 Å². The number of hydrogen-bond donors (Lipinski definition) is 1. The molecule has 112 valence electrons. The minimum atomic E-state index is 0.850. The van der Waals surface area contributed by atoms with Crippen molar-refractivity contribution in [3.63, 3.8) is 0 Å². The molecule has 0 aliphatic heterocycles. The van der Waals surface area contributed by atoms with E-state index in [1.165, 1.54) is 10.5 Å². The fourth-order valence-corrected chi connectivity index (χ4v) is 2.94. The number of nitrogens with one attached hydrogen (secondary N) is 1. The van der Waals surface area contributed by atoms with Gasteiger partial charge >= 0.3 is 0 Å². The van der Waals surface area contributed by atoms with Gasteiger partial charge in [0.15, 0.2) is 0 Å². The molecular formula is C17H22N2OS. The van der Waals surface area contributed by atoms with Crippen LogP contribution in [0.5, 0.6) is 5.75 Å². The predicted octanol–water partition coefficient (Wildman–Crippen LogP) is 3.80. The van der Waals surface area contributed by atoms with Crippen LogP contribution >= 0.6 is 11.8 Å². The highest BCUT2D eigenvalue weighted by Gasteiger charge is 2.03. The first-order valence-corrected chi connectivity index (χ1v) is 8.14. The lowest BCUT2D eigenvalue weighted by atomic mass is 10.2. The van der Waals surface area contributed by atoms with Crippen molar-refractivity contribution in [2.45, 2.75) is 31.0 Å². The highest BCUT2D eigenvalue weighted by Crippen LogP contribution is 2.24. The van der Waals surface area contributed by atoms with Gasteiger partial charge in [0.25, 0.3) is 0 Å². The lowest BCUT2D eigenvalue weighted by molar-refractivity contribution is 0.413. The van der Waals surface area contributed by atoms with Crippen LogP contribution in [-0.2, 0) is 12.3 Å².